The van der Waals surface area contributed by atoms with Crippen LogP contribution in [0.1, 0.15) is 42.7 Å². The first-order valence-electron chi connectivity index (χ1n) is 13.1. The molecular formula is C32H33NO6. The zero-order chi connectivity index (χ0) is 27.5. The molecule has 0 unspecified atom stereocenters. The number of rotatable bonds is 8. The second-order valence-electron chi connectivity index (χ2n) is 9.83. The van der Waals surface area contributed by atoms with E-state index in [1.807, 2.05) is 67.6 Å². The number of fused-ring (bicyclic) bond motifs is 1. The molecular weight excluding hydrogens is 494 g/mol. The Morgan fingerprint density at radius 1 is 0.923 bits per heavy atom. The van der Waals surface area contributed by atoms with Gasteiger partial charge in [0.1, 0.15) is 6.61 Å². The molecule has 0 spiro atoms. The summed E-state index contributed by atoms with van der Waals surface area (Å²) < 4.78 is 21.6. The predicted octanol–water partition coefficient (Wildman–Crippen LogP) is 5.41. The van der Waals surface area contributed by atoms with Crippen LogP contribution >= 0.6 is 0 Å². The second kappa shape index (κ2) is 11.3. The molecule has 1 heterocycles. The number of dihydropyridines is 1. The third kappa shape index (κ3) is 5.02. The number of ketones is 1. The lowest BCUT2D eigenvalue weighted by molar-refractivity contribution is -0.140. The Labute approximate surface area is 228 Å². The summed E-state index contributed by atoms with van der Waals surface area (Å²) in [7, 11) is 4.77. The molecule has 1 aliphatic carbocycles. The molecule has 2 aliphatic rings. The van der Waals surface area contributed by atoms with Crippen molar-refractivity contribution in [2.75, 3.05) is 34.5 Å². The van der Waals surface area contributed by atoms with Crippen LogP contribution in [0, 0.1) is 0 Å². The Morgan fingerprint density at radius 3 is 2.46 bits per heavy atom. The quantitative estimate of drug-likeness (QED) is 0.310. The molecule has 202 valence electrons. The van der Waals surface area contributed by atoms with Gasteiger partial charge in [-0.05, 0) is 53.3 Å². The normalized spacial score (nSPS) is 19.0. The van der Waals surface area contributed by atoms with E-state index < -0.39 is 11.9 Å². The smallest absolute Gasteiger partial charge is 0.336 e. The average Bonchev–Trinajstić information content (AvgIpc) is 2.95. The Hall–Kier alpha value is -4.10. The minimum absolute atomic E-state index is 0.0103. The fourth-order valence-electron chi connectivity index (χ4n) is 5.76. The van der Waals surface area contributed by atoms with Crippen LogP contribution in [0.15, 0.2) is 83.2 Å². The zero-order valence-electron chi connectivity index (χ0n) is 22.7. The van der Waals surface area contributed by atoms with Crippen molar-refractivity contribution in [3.63, 3.8) is 0 Å². The van der Waals surface area contributed by atoms with Crippen molar-refractivity contribution in [1.82, 2.24) is 5.32 Å². The molecule has 2 atom stereocenters. The number of methoxy groups -OCH3 is 3. The number of allylic oxidation sites excluding steroid dienone is 3. The van der Waals surface area contributed by atoms with Gasteiger partial charge in [-0.1, -0.05) is 48.5 Å². The Kier molecular flexibility index (Phi) is 7.70. The van der Waals surface area contributed by atoms with Gasteiger partial charge < -0.3 is 24.3 Å². The van der Waals surface area contributed by atoms with Gasteiger partial charge in [-0.25, -0.2) is 4.79 Å². The number of Topliss-reactive ketones (excluding diaryl/α,β-unsaturated/α-hetero) is 1. The van der Waals surface area contributed by atoms with E-state index in [-0.39, 0.29) is 18.3 Å². The number of esters is 1. The van der Waals surface area contributed by atoms with Crippen molar-refractivity contribution < 1.29 is 28.5 Å². The van der Waals surface area contributed by atoms with E-state index in [9.17, 15) is 9.59 Å². The maximum Gasteiger partial charge on any atom is 0.336 e. The molecule has 0 saturated heterocycles. The van der Waals surface area contributed by atoms with Crippen LogP contribution in [0.25, 0.3) is 10.8 Å². The number of hydrogen-bond donors (Lipinski definition) is 1. The van der Waals surface area contributed by atoms with Gasteiger partial charge in [0.2, 0.25) is 0 Å². The average molecular weight is 528 g/mol. The van der Waals surface area contributed by atoms with E-state index in [2.05, 4.69) is 5.32 Å². The highest BCUT2D eigenvalue weighted by atomic mass is 16.6. The molecule has 3 aromatic rings. The monoisotopic (exact) mass is 527 g/mol. The number of carbonyl (C=O) groups is 2. The molecule has 0 saturated carbocycles. The van der Waals surface area contributed by atoms with Crippen molar-refractivity contribution in [2.45, 2.75) is 31.6 Å². The van der Waals surface area contributed by atoms with Gasteiger partial charge in [0.25, 0.3) is 0 Å². The fraction of sp³-hybridized carbons (Fsp3) is 0.312. The maximum absolute atomic E-state index is 14.0. The van der Waals surface area contributed by atoms with Crippen LogP contribution < -0.4 is 14.8 Å². The molecule has 0 bridgehead atoms. The van der Waals surface area contributed by atoms with Gasteiger partial charge >= 0.3 is 5.97 Å². The summed E-state index contributed by atoms with van der Waals surface area (Å²) in [6, 6.07) is 19.9. The van der Waals surface area contributed by atoms with Crippen LogP contribution in [0.3, 0.4) is 0 Å². The van der Waals surface area contributed by atoms with Gasteiger partial charge in [0.05, 0.1) is 26.4 Å². The molecule has 7 heteroatoms. The maximum atomic E-state index is 14.0. The summed E-state index contributed by atoms with van der Waals surface area (Å²) >= 11 is 0. The second-order valence-corrected chi connectivity index (χ2v) is 9.83. The van der Waals surface area contributed by atoms with E-state index >= 15 is 0 Å². The van der Waals surface area contributed by atoms with Crippen LogP contribution in [0.2, 0.25) is 0 Å². The summed E-state index contributed by atoms with van der Waals surface area (Å²) in [5, 5.41) is 5.47. The largest absolute Gasteiger partial charge is 0.493 e. The van der Waals surface area contributed by atoms with Crippen molar-refractivity contribution >= 4 is 22.5 Å². The third-order valence-electron chi connectivity index (χ3n) is 7.58. The van der Waals surface area contributed by atoms with Crippen LogP contribution in [-0.4, -0.2) is 46.3 Å². The summed E-state index contributed by atoms with van der Waals surface area (Å²) in [5.41, 5.74) is 4.54. The van der Waals surface area contributed by atoms with Crippen molar-refractivity contribution in [3.05, 3.63) is 94.3 Å². The van der Waals surface area contributed by atoms with E-state index in [4.69, 9.17) is 18.9 Å². The number of ether oxygens (including phenoxy) is 4. The first-order chi connectivity index (χ1) is 19.0. The fourth-order valence-corrected chi connectivity index (χ4v) is 5.76. The number of nitrogens with one attached hydrogen (secondary N) is 1. The SMILES string of the molecule is COCCOC(=O)C1=C(C)NC2=C(C(=O)C[C@@H](c3ccc(OC)c(OC)c3)C2)[C@@H]1c1cccc2ccccc12. The molecule has 0 radical (unpaired) electrons. The van der Waals surface area contributed by atoms with E-state index in [0.717, 1.165) is 27.6 Å². The highest BCUT2D eigenvalue weighted by Gasteiger charge is 2.42. The lowest BCUT2D eigenvalue weighted by atomic mass is 9.71. The summed E-state index contributed by atoms with van der Waals surface area (Å²) in [4.78, 5) is 27.5. The Morgan fingerprint density at radius 2 is 1.69 bits per heavy atom. The number of hydrogen-bond acceptors (Lipinski definition) is 7. The first-order valence-corrected chi connectivity index (χ1v) is 13.1. The minimum atomic E-state index is -0.541. The minimum Gasteiger partial charge on any atom is -0.493 e. The summed E-state index contributed by atoms with van der Waals surface area (Å²) in [6.45, 7) is 2.30. The van der Waals surface area contributed by atoms with Gasteiger partial charge in [-0.15, -0.1) is 0 Å². The Balaban J connectivity index is 1.60. The van der Waals surface area contributed by atoms with E-state index in [1.54, 1.807) is 21.3 Å². The van der Waals surface area contributed by atoms with E-state index in [1.165, 1.54) is 0 Å². The molecule has 39 heavy (non-hydrogen) atoms. The van der Waals surface area contributed by atoms with Crippen molar-refractivity contribution in [1.29, 1.82) is 0 Å². The molecule has 3 aromatic carbocycles. The van der Waals surface area contributed by atoms with Gasteiger partial charge in [-0.2, -0.15) is 0 Å². The number of benzene rings is 3. The standard InChI is InChI=1S/C32H33NO6/c1-19-29(32(35)39-15-14-36-2)30(24-11-7-9-20-8-5-6-10-23(20)24)31-25(33-19)16-22(17-26(31)34)21-12-13-27(37-3)28(18-21)38-4/h5-13,18,22,30,33H,14-17H2,1-4H3/t22-,30+/m0/s1. The first kappa shape index (κ1) is 26.5. The summed E-state index contributed by atoms with van der Waals surface area (Å²) in [6.07, 6.45) is 0.948. The number of carbonyl (C=O) groups excluding carboxylic acids is 2. The molecule has 0 aromatic heterocycles. The van der Waals surface area contributed by atoms with Gasteiger partial charge in [0.15, 0.2) is 17.3 Å². The molecule has 0 fully saturated rings. The third-order valence-corrected chi connectivity index (χ3v) is 7.58. The van der Waals surface area contributed by atoms with Crippen LogP contribution in [0.5, 0.6) is 11.5 Å². The van der Waals surface area contributed by atoms with Gasteiger partial charge in [0, 0.05) is 36.4 Å². The molecule has 0 amide bonds. The van der Waals surface area contributed by atoms with Crippen molar-refractivity contribution in [2.24, 2.45) is 0 Å². The topological polar surface area (TPSA) is 83.1 Å². The van der Waals surface area contributed by atoms with Crippen molar-refractivity contribution in [3.8, 4) is 11.5 Å². The van der Waals surface area contributed by atoms with Gasteiger partial charge in [-0.3, -0.25) is 4.79 Å². The van der Waals surface area contributed by atoms with Crippen LogP contribution in [0.4, 0.5) is 0 Å². The molecule has 1 N–H and O–H groups in total. The predicted molar refractivity (Wildman–Crippen MR) is 149 cm³/mol. The highest BCUT2D eigenvalue weighted by molar-refractivity contribution is 6.05. The summed E-state index contributed by atoms with van der Waals surface area (Å²) in [5.74, 6) is 0.253. The van der Waals surface area contributed by atoms with E-state index in [0.29, 0.717) is 47.8 Å². The Bertz CT molecular complexity index is 1480. The highest BCUT2D eigenvalue weighted by Crippen LogP contribution is 2.47. The lowest BCUT2D eigenvalue weighted by Crippen LogP contribution is -2.36. The lowest BCUT2D eigenvalue weighted by Gasteiger charge is -2.37. The molecule has 1 aliphatic heterocycles. The van der Waals surface area contributed by atoms with Crippen LogP contribution in [-0.2, 0) is 19.1 Å². The molecule has 7 nitrogen and oxygen atoms in total. The zero-order valence-corrected chi connectivity index (χ0v) is 22.7. The molecule has 5 rings (SSSR count).